The Morgan fingerprint density at radius 1 is 0.537 bits per heavy atom. The number of amides is 5. The molecule has 1 rings (SSSR count). The van der Waals surface area contributed by atoms with Gasteiger partial charge in [-0.15, -0.1) is 0 Å². The Balaban J connectivity index is 3.10. The van der Waals surface area contributed by atoms with E-state index in [-0.39, 0.29) is 82.1 Å². The first kappa shape index (κ1) is 73.3. The number of nitrogens with zero attached hydrogens (tertiary/aromatic N) is 1. The first-order valence-corrected chi connectivity index (χ1v) is 28.9. The van der Waals surface area contributed by atoms with E-state index in [1.807, 2.05) is 34.0 Å². The number of nitrogens with one attached hydrogen (secondary N) is 4. The molecule has 28 heteroatoms. The van der Waals surface area contributed by atoms with E-state index in [2.05, 4.69) is 21.3 Å². The number of carbonyl (C=O) groups excluding carboxylic acids is 10. The summed E-state index contributed by atoms with van der Waals surface area (Å²) < 4.78 is 5.56. The summed E-state index contributed by atoms with van der Waals surface area (Å²) in [5, 5.41) is 56.8. The normalized spacial score (nSPS) is 15.7. The molecule has 8 atom stereocenters. The van der Waals surface area contributed by atoms with Crippen LogP contribution in [0.3, 0.4) is 0 Å². The van der Waals surface area contributed by atoms with Crippen LogP contribution in [0.25, 0.3) is 0 Å². The van der Waals surface area contributed by atoms with Crippen molar-refractivity contribution in [2.24, 2.45) is 29.4 Å². The lowest BCUT2D eigenvalue weighted by atomic mass is 9.89. The largest absolute Gasteiger partial charge is 0.481 e. The van der Waals surface area contributed by atoms with Gasteiger partial charge in [-0.3, -0.25) is 71.9 Å². The molecule has 1 aliphatic heterocycles. The number of ketones is 5. The number of ether oxygens (including phenoxy) is 1. The van der Waals surface area contributed by atoms with Gasteiger partial charge in [0.25, 0.3) is 0 Å². The van der Waals surface area contributed by atoms with Gasteiger partial charge in [0, 0.05) is 101 Å². The van der Waals surface area contributed by atoms with Crippen LogP contribution in [-0.2, 0) is 76.7 Å². The Morgan fingerprint density at radius 3 is 1.51 bits per heavy atom. The smallest absolute Gasteiger partial charge is 0.303 e. The van der Waals surface area contributed by atoms with Crippen molar-refractivity contribution in [2.45, 2.75) is 192 Å². The standard InChI is InChI=1S/C54H84N6O21S/c1-30(2)24-37(41(62)15-16-45(66)56-38(29-82-5)43(64)25-31(3)4)59-54(80)39-8-6-22-60(39)46(67)28-81-23-7-9-40(61)35(13-20-50(74)75)57-53(79)33(11-18-48(70)71)27-44(65)36(14-21-51(76)77)58-52(78)32(10-17-47(68)69)26-42(63)34(55)12-19-49(72)73/h30-39H,6-29,55H2,1-5H3,(H,56,66)(H,57,79)(H,58,78)(H,59,80)(H,68,69)(H,70,71)(H,72,73)(H,74,75)(H,76,77)/t32-,33-,34+,35+,36+,37-,38-,39?/m0/s1. The quantitative estimate of drug-likeness (QED) is 0.0386. The number of Topliss-reactive ketones (excluding diaryl/α,β-unsaturated/α-hetero) is 5. The fraction of sp³-hybridized carbons (Fsp3) is 0.722. The molecule has 0 aromatic rings. The molecule has 1 fully saturated rings. The molecule has 11 N–H and O–H groups in total. The maximum Gasteiger partial charge on any atom is 0.303 e. The molecule has 0 aromatic carbocycles. The lowest BCUT2D eigenvalue weighted by molar-refractivity contribution is -0.142. The molecule has 0 radical (unpaired) electrons. The maximum absolute atomic E-state index is 13.8. The van der Waals surface area contributed by atoms with E-state index in [1.165, 1.54) is 16.7 Å². The average molecular weight is 1190 g/mol. The van der Waals surface area contributed by atoms with Crippen molar-refractivity contribution in [3.05, 3.63) is 0 Å². The summed E-state index contributed by atoms with van der Waals surface area (Å²) in [6.45, 7) is 6.98. The van der Waals surface area contributed by atoms with Gasteiger partial charge in [0.15, 0.2) is 23.1 Å². The Labute approximate surface area is 480 Å². The fourth-order valence-electron chi connectivity index (χ4n) is 8.93. The van der Waals surface area contributed by atoms with Gasteiger partial charge < -0.3 is 62.2 Å². The monoisotopic (exact) mass is 1180 g/mol. The van der Waals surface area contributed by atoms with Crippen LogP contribution in [-0.4, -0.2) is 187 Å². The van der Waals surface area contributed by atoms with E-state index in [9.17, 15) is 92.3 Å². The van der Waals surface area contributed by atoms with Crippen molar-refractivity contribution in [1.29, 1.82) is 0 Å². The van der Waals surface area contributed by atoms with Crippen LogP contribution >= 0.6 is 11.8 Å². The molecule has 1 heterocycles. The number of likely N-dealkylation sites (tertiary alicyclic amines) is 1. The van der Waals surface area contributed by atoms with Crippen molar-refractivity contribution in [1.82, 2.24) is 26.2 Å². The van der Waals surface area contributed by atoms with Crippen LogP contribution in [0.15, 0.2) is 0 Å². The second-order valence-electron chi connectivity index (χ2n) is 21.3. The van der Waals surface area contributed by atoms with E-state index >= 15 is 0 Å². The highest BCUT2D eigenvalue weighted by atomic mass is 32.2. The van der Waals surface area contributed by atoms with Gasteiger partial charge in [0.1, 0.15) is 18.4 Å². The predicted octanol–water partition coefficient (Wildman–Crippen LogP) is 1.46. The summed E-state index contributed by atoms with van der Waals surface area (Å²) in [5.74, 6) is -16.1. The molecule has 1 aliphatic rings. The third-order valence-corrected chi connectivity index (χ3v) is 14.0. The summed E-state index contributed by atoms with van der Waals surface area (Å²) in [7, 11) is 0. The summed E-state index contributed by atoms with van der Waals surface area (Å²) in [6.07, 6.45) is -4.76. The Kier molecular flexibility index (Phi) is 34.8. The van der Waals surface area contributed by atoms with Gasteiger partial charge in [0.2, 0.25) is 29.5 Å². The van der Waals surface area contributed by atoms with E-state index in [1.54, 1.807) is 0 Å². The first-order valence-electron chi connectivity index (χ1n) is 27.5. The van der Waals surface area contributed by atoms with Gasteiger partial charge in [-0.05, 0) is 75.9 Å². The van der Waals surface area contributed by atoms with Gasteiger partial charge in [-0.1, -0.05) is 27.7 Å². The minimum Gasteiger partial charge on any atom is -0.481 e. The highest BCUT2D eigenvalue weighted by Crippen LogP contribution is 2.22. The van der Waals surface area contributed by atoms with Crippen LogP contribution in [0.2, 0.25) is 0 Å². The maximum atomic E-state index is 13.8. The third-order valence-electron chi connectivity index (χ3n) is 13.3. The lowest BCUT2D eigenvalue weighted by Gasteiger charge is -2.27. The van der Waals surface area contributed by atoms with Crippen LogP contribution in [0, 0.1) is 23.7 Å². The molecule has 0 aliphatic carbocycles. The van der Waals surface area contributed by atoms with E-state index in [4.69, 9.17) is 15.6 Å². The Morgan fingerprint density at radius 2 is 1.01 bits per heavy atom. The molecule has 0 aromatic heterocycles. The lowest BCUT2D eigenvalue weighted by Crippen LogP contribution is -2.52. The molecular formula is C54H84N6O21S. The van der Waals surface area contributed by atoms with Gasteiger partial charge in [0.05, 0.1) is 30.2 Å². The van der Waals surface area contributed by atoms with Crippen LogP contribution in [0.4, 0.5) is 0 Å². The predicted molar refractivity (Wildman–Crippen MR) is 293 cm³/mol. The molecule has 82 heavy (non-hydrogen) atoms. The number of rotatable bonds is 46. The number of nitrogens with two attached hydrogens (primary N) is 1. The van der Waals surface area contributed by atoms with Crippen LogP contribution in [0.5, 0.6) is 0 Å². The average Bonchev–Trinajstić information content (AvgIpc) is 4.00. The molecule has 1 unspecified atom stereocenters. The summed E-state index contributed by atoms with van der Waals surface area (Å²) >= 11 is 1.40. The number of carboxylic acids is 5. The second-order valence-corrected chi connectivity index (χ2v) is 22.2. The topological polar surface area (TPSA) is 444 Å². The van der Waals surface area contributed by atoms with Crippen molar-refractivity contribution in [3.63, 3.8) is 0 Å². The van der Waals surface area contributed by atoms with Crippen molar-refractivity contribution in [2.75, 3.05) is 31.8 Å². The summed E-state index contributed by atoms with van der Waals surface area (Å²) in [4.78, 5) is 192. The SMILES string of the molecule is CSC[C@H](NC(=O)CCC(=O)[C@H](CC(C)C)NC(=O)C1CCCN1C(=O)COCCCC(=O)[C@@H](CCC(=O)O)NC(=O)[C@@H](CCC(=O)O)CC(=O)[C@@H](CCC(=O)O)NC(=O)[C@@H](CCC(=O)O)CC(=O)[C@H](N)CCC(=O)O)C(=O)CC(C)C. The minimum absolute atomic E-state index is 0.0385. The number of carboxylic acid groups (broad SMARTS) is 5. The second kappa shape index (κ2) is 38.9. The van der Waals surface area contributed by atoms with Gasteiger partial charge >= 0.3 is 29.8 Å². The van der Waals surface area contributed by atoms with Crippen LogP contribution in [0.1, 0.15) is 156 Å². The van der Waals surface area contributed by atoms with Crippen molar-refractivity contribution in [3.8, 4) is 0 Å². The Bertz CT molecular complexity index is 2260. The summed E-state index contributed by atoms with van der Waals surface area (Å²) in [6, 6.07) is -7.15. The zero-order valence-electron chi connectivity index (χ0n) is 47.4. The highest BCUT2D eigenvalue weighted by molar-refractivity contribution is 7.98. The van der Waals surface area contributed by atoms with Crippen molar-refractivity contribution >= 4 is 100 Å². The molecule has 0 spiro atoms. The molecule has 5 amide bonds. The molecular weight excluding hydrogens is 1100 g/mol. The first-order chi connectivity index (χ1) is 38.4. The number of thioether (sulfide) groups is 1. The minimum atomic E-state index is -1.69. The molecule has 462 valence electrons. The number of carbonyl (C=O) groups is 15. The van der Waals surface area contributed by atoms with Crippen LogP contribution < -0.4 is 27.0 Å². The third kappa shape index (κ3) is 30.4. The fourth-order valence-corrected chi connectivity index (χ4v) is 9.53. The number of hydrogen-bond acceptors (Lipinski definition) is 18. The zero-order valence-corrected chi connectivity index (χ0v) is 48.3. The molecule has 1 saturated heterocycles. The molecule has 0 bridgehead atoms. The van der Waals surface area contributed by atoms with Crippen molar-refractivity contribution < 1.29 is 102 Å². The number of hydrogen-bond donors (Lipinski definition) is 10. The van der Waals surface area contributed by atoms with E-state index in [0.717, 1.165) is 0 Å². The van der Waals surface area contributed by atoms with Gasteiger partial charge in [-0.25, -0.2) is 0 Å². The number of aliphatic carboxylic acids is 5. The highest BCUT2D eigenvalue weighted by Gasteiger charge is 2.37. The van der Waals surface area contributed by atoms with Gasteiger partial charge in [-0.2, -0.15) is 11.8 Å². The molecule has 27 nitrogen and oxygen atoms in total. The Hall–Kier alpha value is -6.68. The van der Waals surface area contributed by atoms with E-state index < -0.39 is 208 Å². The zero-order chi connectivity index (χ0) is 62.2. The van der Waals surface area contributed by atoms with E-state index in [0.29, 0.717) is 12.2 Å². The molecule has 0 saturated carbocycles. The summed E-state index contributed by atoms with van der Waals surface area (Å²) in [5.41, 5.74) is 5.80.